The Morgan fingerprint density at radius 3 is 0.907 bits per heavy atom. The van der Waals surface area contributed by atoms with E-state index in [1.165, 1.54) is 166 Å². The smallest absolute Gasteiger partial charge is 0.0619 e. The van der Waals surface area contributed by atoms with Crippen LogP contribution in [0.5, 0.6) is 0 Å². The lowest BCUT2D eigenvalue weighted by atomic mass is 9.70. The number of hydrogen-bond acceptors (Lipinski definition) is 0. The highest BCUT2D eigenvalue weighted by molar-refractivity contribution is 6.09. The second kappa shape index (κ2) is 14.3. The van der Waals surface area contributed by atoms with Crippen LogP contribution in [0.15, 0.2) is 231 Å². The van der Waals surface area contributed by atoms with Crippen molar-refractivity contribution in [3.63, 3.8) is 0 Å². The second-order valence-corrected chi connectivity index (χ2v) is 22.6. The first kappa shape index (κ1) is 41.6. The van der Waals surface area contributed by atoms with Crippen LogP contribution >= 0.6 is 0 Å². The van der Waals surface area contributed by atoms with Gasteiger partial charge in [0.05, 0.1) is 10.8 Å². The summed E-state index contributed by atoms with van der Waals surface area (Å²) in [6.07, 6.45) is 0. The van der Waals surface area contributed by atoms with E-state index in [0.29, 0.717) is 0 Å². The number of aryl methyl sites for hydroxylation is 2. The third-order valence-electron chi connectivity index (χ3n) is 19.1. The fourth-order valence-electron chi connectivity index (χ4n) is 15.8. The minimum atomic E-state index is -0.369. The molecule has 0 heteroatoms. The van der Waals surface area contributed by atoms with Crippen LogP contribution in [0, 0.1) is 13.8 Å². The van der Waals surface area contributed by atoms with Gasteiger partial charge in [-0.15, -0.1) is 0 Å². The summed E-state index contributed by atoms with van der Waals surface area (Å²) in [5, 5.41) is 5.34. The van der Waals surface area contributed by atoms with Gasteiger partial charge in [-0.05, 0) is 216 Å². The summed E-state index contributed by atoms with van der Waals surface area (Å²) in [4.78, 5) is 0. The fourth-order valence-corrected chi connectivity index (χ4v) is 15.8. The lowest BCUT2D eigenvalue weighted by Gasteiger charge is -2.30. The number of benzene rings is 12. The van der Waals surface area contributed by atoms with E-state index in [9.17, 15) is 0 Å². The van der Waals surface area contributed by atoms with E-state index in [-0.39, 0.29) is 16.2 Å². The molecule has 0 saturated heterocycles. The van der Waals surface area contributed by atoms with Crippen molar-refractivity contribution in [1.82, 2.24) is 0 Å². The zero-order chi connectivity index (χ0) is 49.7. The molecule has 0 saturated carbocycles. The molecule has 0 atom stereocenters. The molecule has 12 aromatic rings. The Balaban J connectivity index is 0.783. The normalized spacial score (nSPS) is 15.3. The highest BCUT2D eigenvalue weighted by atomic mass is 14.5. The van der Waals surface area contributed by atoms with Gasteiger partial charge < -0.3 is 0 Å². The average Bonchev–Trinajstić information content (AvgIpc) is 4.24. The zero-order valence-corrected chi connectivity index (χ0v) is 42.4. The molecule has 17 rings (SSSR count). The molecule has 0 amide bonds. The van der Waals surface area contributed by atoms with Crippen LogP contribution in [0.1, 0.15) is 80.6 Å². The van der Waals surface area contributed by atoms with Crippen LogP contribution in [-0.2, 0) is 16.2 Å². The Kier molecular flexibility index (Phi) is 7.91. The molecule has 0 radical (unpaired) electrons. The summed E-state index contributed by atoms with van der Waals surface area (Å²) in [5.74, 6) is 0. The van der Waals surface area contributed by atoms with Gasteiger partial charge in [0.15, 0.2) is 0 Å². The standard InChI is InChI=1S/C75H50/c1-43-49-33-29-45(47-30-34-56-54-21-9-15-27-67(54)74(71(56)39-47)63-23-11-5-17-50(63)51-18-6-12-24-64(51)74)37-59(49)44(2)61-42-70-62(41-60(43)61)58-36-32-46(38-69(58)73(70,3)4)48-31-35-57-55-22-10-16-28-68(55)75(72(57)40-48)65-25-13-7-19-52(65)53-20-8-14-26-66(53)75/h5-42H,1-4H3. The zero-order valence-electron chi connectivity index (χ0n) is 42.4. The molecular formula is C75H50. The van der Waals surface area contributed by atoms with Gasteiger partial charge in [-0.1, -0.05) is 208 Å². The van der Waals surface area contributed by atoms with Crippen LogP contribution in [0.25, 0.3) is 99.4 Å². The van der Waals surface area contributed by atoms with E-state index in [1.54, 1.807) is 0 Å². The lowest BCUT2D eigenvalue weighted by molar-refractivity contribution is 0.661. The predicted molar refractivity (Wildman–Crippen MR) is 312 cm³/mol. The van der Waals surface area contributed by atoms with E-state index in [2.05, 4.69) is 258 Å². The monoisotopic (exact) mass is 950 g/mol. The summed E-state index contributed by atoms with van der Waals surface area (Å²) in [6.45, 7) is 9.57. The molecule has 0 bridgehead atoms. The van der Waals surface area contributed by atoms with Gasteiger partial charge in [-0.25, -0.2) is 0 Å². The topological polar surface area (TPSA) is 0 Å². The van der Waals surface area contributed by atoms with Crippen LogP contribution in [-0.4, -0.2) is 0 Å². The van der Waals surface area contributed by atoms with Gasteiger partial charge in [0.2, 0.25) is 0 Å². The molecule has 0 N–H and O–H groups in total. The largest absolute Gasteiger partial charge is 0.0725 e. The Morgan fingerprint density at radius 1 is 0.213 bits per heavy atom. The maximum atomic E-state index is 2.55. The van der Waals surface area contributed by atoms with Crippen molar-refractivity contribution in [1.29, 1.82) is 0 Å². The third kappa shape index (κ3) is 4.95. The molecule has 0 fully saturated rings. The summed E-state index contributed by atoms with van der Waals surface area (Å²) in [6, 6.07) is 88.8. The molecule has 2 spiro atoms. The number of fused-ring (bicyclic) bond motifs is 25. The minimum absolute atomic E-state index is 0.195. The van der Waals surface area contributed by atoms with Crippen molar-refractivity contribution >= 4 is 21.5 Å². The average molecular weight is 951 g/mol. The Hall–Kier alpha value is -8.84. The first-order valence-electron chi connectivity index (χ1n) is 26.8. The summed E-state index contributed by atoms with van der Waals surface area (Å²) >= 11 is 0. The molecular weight excluding hydrogens is 901 g/mol. The van der Waals surface area contributed by atoms with E-state index >= 15 is 0 Å². The summed E-state index contributed by atoms with van der Waals surface area (Å²) in [7, 11) is 0. The van der Waals surface area contributed by atoms with E-state index in [0.717, 1.165) is 0 Å². The minimum Gasteiger partial charge on any atom is -0.0619 e. The predicted octanol–water partition coefficient (Wildman–Crippen LogP) is 18.9. The summed E-state index contributed by atoms with van der Waals surface area (Å²) in [5.41, 5.74) is 34.0. The summed E-state index contributed by atoms with van der Waals surface area (Å²) < 4.78 is 0. The van der Waals surface area contributed by atoms with Crippen molar-refractivity contribution < 1.29 is 0 Å². The SMILES string of the molecule is Cc1c2ccc(-c3ccc4c(c3)C3(c5ccccc5-c5ccccc53)c3ccccc3-4)cc2c(C)c2cc3c(cc12)-c1ccc(-c2ccc4c(c2)C2(c5ccccc5-c5ccccc52)c2ccccc2-4)cc1C3(C)C. The second-order valence-electron chi connectivity index (χ2n) is 22.6. The van der Waals surface area contributed by atoms with E-state index in [4.69, 9.17) is 0 Å². The van der Waals surface area contributed by atoms with Crippen molar-refractivity contribution in [2.75, 3.05) is 0 Å². The Bertz CT molecular complexity index is 4460. The van der Waals surface area contributed by atoms with Crippen LogP contribution in [0.2, 0.25) is 0 Å². The van der Waals surface area contributed by atoms with Gasteiger partial charge in [-0.3, -0.25) is 0 Å². The molecule has 0 heterocycles. The molecule has 12 aromatic carbocycles. The number of hydrogen-bond donors (Lipinski definition) is 0. The van der Waals surface area contributed by atoms with Crippen molar-refractivity contribution in [2.24, 2.45) is 0 Å². The van der Waals surface area contributed by atoms with E-state index in [1.807, 2.05) is 0 Å². The number of rotatable bonds is 2. The highest BCUT2D eigenvalue weighted by Crippen LogP contribution is 2.65. The van der Waals surface area contributed by atoms with Gasteiger partial charge in [0.1, 0.15) is 0 Å². The quantitative estimate of drug-likeness (QED) is 0.152. The van der Waals surface area contributed by atoms with Gasteiger partial charge in [0, 0.05) is 5.41 Å². The molecule has 0 nitrogen and oxygen atoms in total. The van der Waals surface area contributed by atoms with Crippen LogP contribution in [0.4, 0.5) is 0 Å². The highest BCUT2D eigenvalue weighted by Gasteiger charge is 2.53. The molecule has 0 aliphatic heterocycles. The molecule has 75 heavy (non-hydrogen) atoms. The van der Waals surface area contributed by atoms with Crippen molar-refractivity contribution in [3.05, 3.63) is 297 Å². The molecule has 5 aliphatic carbocycles. The fraction of sp³-hybridized carbons (Fsp3) is 0.0933. The Morgan fingerprint density at radius 2 is 0.493 bits per heavy atom. The van der Waals surface area contributed by atoms with Gasteiger partial charge in [0.25, 0.3) is 0 Å². The third-order valence-corrected chi connectivity index (χ3v) is 19.1. The molecule has 350 valence electrons. The van der Waals surface area contributed by atoms with Gasteiger partial charge in [-0.2, -0.15) is 0 Å². The van der Waals surface area contributed by atoms with E-state index < -0.39 is 0 Å². The molecule has 0 unspecified atom stereocenters. The van der Waals surface area contributed by atoms with Crippen molar-refractivity contribution in [3.8, 4) is 77.9 Å². The van der Waals surface area contributed by atoms with Crippen LogP contribution in [0.3, 0.4) is 0 Å². The van der Waals surface area contributed by atoms with Crippen LogP contribution < -0.4 is 0 Å². The molecule has 0 aromatic heterocycles. The molecule has 5 aliphatic rings. The first-order chi connectivity index (χ1) is 36.8. The van der Waals surface area contributed by atoms with Gasteiger partial charge >= 0.3 is 0 Å². The first-order valence-corrected chi connectivity index (χ1v) is 26.8. The lowest BCUT2D eigenvalue weighted by Crippen LogP contribution is -2.25. The maximum Gasteiger partial charge on any atom is 0.0725 e. The Labute approximate surface area is 438 Å². The maximum absolute atomic E-state index is 2.55. The van der Waals surface area contributed by atoms with Crippen molar-refractivity contribution in [2.45, 2.75) is 43.9 Å².